The Morgan fingerprint density at radius 1 is 1.37 bits per heavy atom. The number of rotatable bonds is 4. The molecule has 0 spiro atoms. The fourth-order valence-corrected chi connectivity index (χ4v) is 2.94. The highest BCUT2D eigenvalue weighted by Crippen LogP contribution is 2.24. The third-order valence-electron chi connectivity index (χ3n) is 3.99. The standard InChI is InChI=1S/C14H22N4O/c1-4-12-6-14(19-16-12)9-17-7-13(8-17)18-11(3)5-10(2)15-18/h5,13-14H,4,6-9H2,1-3H3/t14-/m0/s1. The monoisotopic (exact) mass is 262 g/mol. The predicted molar refractivity (Wildman–Crippen MR) is 74.4 cm³/mol. The summed E-state index contributed by atoms with van der Waals surface area (Å²) in [4.78, 5) is 7.89. The largest absolute Gasteiger partial charge is 0.391 e. The zero-order valence-electron chi connectivity index (χ0n) is 12.0. The van der Waals surface area contributed by atoms with Crippen LogP contribution in [0.3, 0.4) is 0 Å². The molecule has 5 nitrogen and oxygen atoms in total. The summed E-state index contributed by atoms with van der Waals surface area (Å²) in [7, 11) is 0. The number of aryl methyl sites for hydroxylation is 2. The maximum absolute atomic E-state index is 5.46. The van der Waals surface area contributed by atoms with Crippen LogP contribution in [0, 0.1) is 13.8 Å². The zero-order valence-corrected chi connectivity index (χ0v) is 12.0. The fraction of sp³-hybridized carbons (Fsp3) is 0.714. The van der Waals surface area contributed by atoms with Gasteiger partial charge in [0, 0.05) is 31.7 Å². The van der Waals surface area contributed by atoms with Gasteiger partial charge in [-0.1, -0.05) is 12.1 Å². The van der Waals surface area contributed by atoms with E-state index < -0.39 is 0 Å². The van der Waals surface area contributed by atoms with E-state index >= 15 is 0 Å². The third-order valence-corrected chi connectivity index (χ3v) is 3.99. The van der Waals surface area contributed by atoms with E-state index in [9.17, 15) is 0 Å². The molecule has 0 radical (unpaired) electrons. The van der Waals surface area contributed by atoms with Crippen LogP contribution in [0.2, 0.25) is 0 Å². The molecule has 0 bridgehead atoms. The van der Waals surface area contributed by atoms with Crippen molar-refractivity contribution in [2.45, 2.75) is 45.8 Å². The number of nitrogens with zero attached hydrogens (tertiary/aromatic N) is 4. The molecule has 0 saturated carbocycles. The van der Waals surface area contributed by atoms with Crippen molar-refractivity contribution >= 4 is 5.71 Å². The van der Waals surface area contributed by atoms with E-state index in [1.807, 2.05) is 0 Å². The summed E-state index contributed by atoms with van der Waals surface area (Å²) in [6.45, 7) is 9.45. The molecule has 1 saturated heterocycles. The Bertz CT molecular complexity index is 488. The molecular formula is C14H22N4O. The van der Waals surface area contributed by atoms with Gasteiger partial charge in [-0.15, -0.1) is 0 Å². The van der Waals surface area contributed by atoms with E-state index in [1.54, 1.807) is 0 Å². The Labute approximate surface area is 114 Å². The maximum Gasteiger partial charge on any atom is 0.145 e. The normalized spacial score (nSPS) is 24.2. The molecule has 2 aliphatic heterocycles. The number of hydrogen-bond acceptors (Lipinski definition) is 4. The van der Waals surface area contributed by atoms with Crippen LogP contribution < -0.4 is 0 Å². The van der Waals surface area contributed by atoms with Crippen molar-refractivity contribution in [3.63, 3.8) is 0 Å². The summed E-state index contributed by atoms with van der Waals surface area (Å²) in [6, 6.07) is 2.67. The first-order valence-electron chi connectivity index (χ1n) is 7.12. The highest BCUT2D eigenvalue weighted by atomic mass is 16.6. The maximum atomic E-state index is 5.46. The lowest BCUT2D eigenvalue weighted by Gasteiger charge is -2.40. The number of oxime groups is 1. The molecule has 1 atom stereocenters. The smallest absolute Gasteiger partial charge is 0.145 e. The molecule has 0 aliphatic carbocycles. The second kappa shape index (κ2) is 4.96. The van der Waals surface area contributed by atoms with E-state index in [2.05, 4.69) is 46.7 Å². The quantitative estimate of drug-likeness (QED) is 0.832. The minimum Gasteiger partial charge on any atom is -0.391 e. The van der Waals surface area contributed by atoms with Gasteiger partial charge in [-0.2, -0.15) is 5.10 Å². The lowest BCUT2D eigenvalue weighted by atomic mass is 10.1. The van der Waals surface area contributed by atoms with Crippen molar-refractivity contribution < 1.29 is 4.84 Å². The highest BCUT2D eigenvalue weighted by Gasteiger charge is 2.33. The molecule has 3 heterocycles. The summed E-state index contributed by atoms with van der Waals surface area (Å²) in [5, 5.41) is 8.67. The van der Waals surface area contributed by atoms with Gasteiger partial charge in [0.1, 0.15) is 6.10 Å². The van der Waals surface area contributed by atoms with Crippen LogP contribution in [0.15, 0.2) is 11.2 Å². The van der Waals surface area contributed by atoms with Crippen molar-refractivity contribution in [3.8, 4) is 0 Å². The molecule has 5 heteroatoms. The summed E-state index contributed by atoms with van der Waals surface area (Å²) >= 11 is 0. The van der Waals surface area contributed by atoms with E-state index in [-0.39, 0.29) is 6.10 Å². The Hall–Kier alpha value is -1.36. The van der Waals surface area contributed by atoms with Gasteiger partial charge >= 0.3 is 0 Å². The lowest BCUT2D eigenvalue weighted by molar-refractivity contribution is 0.0117. The summed E-state index contributed by atoms with van der Waals surface area (Å²) in [5.74, 6) is 0. The van der Waals surface area contributed by atoms with Crippen molar-refractivity contribution in [2.24, 2.45) is 5.16 Å². The van der Waals surface area contributed by atoms with Crippen molar-refractivity contribution in [1.29, 1.82) is 0 Å². The summed E-state index contributed by atoms with van der Waals surface area (Å²) < 4.78 is 2.16. The molecule has 0 unspecified atom stereocenters. The van der Waals surface area contributed by atoms with Crippen LogP contribution in [-0.4, -0.2) is 46.1 Å². The first kappa shape index (κ1) is 12.7. The van der Waals surface area contributed by atoms with E-state index in [0.717, 1.165) is 38.2 Å². The molecule has 3 rings (SSSR count). The molecule has 0 N–H and O–H groups in total. The van der Waals surface area contributed by atoms with Gasteiger partial charge in [-0.05, 0) is 26.3 Å². The second-order valence-electron chi connectivity index (χ2n) is 5.69. The summed E-state index contributed by atoms with van der Waals surface area (Å²) in [6.07, 6.45) is 2.26. The van der Waals surface area contributed by atoms with Crippen molar-refractivity contribution in [3.05, 3.63) is 17.5 Å². The molecule has 0 amide bonds. The Morgan fingerprint density at radius 3 is 2.74 bits per heavy atom. The van der Waals surface area contributed by atoms with Crippen LogP contribution in [0.25, 0.3) is 0 Å². The topological polar surface area (TPSA) is 42.6 Å². The van der Waals surface area contributed by atoms with Gasteiger partial charge in [0.05, 0.1) is 17.4 Å². The van der Waals surface area contributed by atoms with Gasteiger partial charge in [0.2, 0.25) is 0 Å². The van der Waals surface area contributed by atoms with Crippen molar-refractivity contribution in [1.82, 2.24) is 14.7 Å². The van der Waals surface area contributed by atoms with Crippen molar-refractivity contribution in [2.75, 3.05) is 19.6 Å². The lowest BCUT2D eigenvalue weighted by Crippen LogP contribution is -2.50. The first-order valence-corrected chi connectivity index (χ1v) is 7.12. The first-order chi connectivity index (χ1) is 9.15. The average molecular weight is 262 g/mol. The second-order valence-corrected chi connectivity index (χ2v) is 5.69. The molecule has 1 aromatic heterocycles. The Kier molecular flexibility index (Phi) is 3.31. The number of aromatic nitrogens is 2. The summed E-state index contributed by atoms with van der Waals surface area (Å²) in [5.41, 5.74) is 3.56. The van der Waals surface area contributed by atoms with E-state index in [1.165, 1.54) is 11.4 Å². The predicted octanol–water partition coefficient (Wildman–Crippen LogP) is 1.91. The molecule has 19 heavy (non-hydrogen) atoms. The van der Waals surface area contributed by atoms with Crippen LogP contribution in [0.5, 0.6) is 0 Å². The molecule has 0 aromatic carbocycles. The van der Waals surface area contributed by atoms with Gasteiger partial charge in [0.25, 0.3) is 0 Å². The molecule has 1 fully saturated rings. The van der Waals surface area contributed by atoms with E-state index in [4.69, 9.17) is 4.84 Å². The zero-order chi connectivity index (χ0) is 13.4. The Balaban J connectivity index is 1.47. The Morgan fingerprint density at radius 2 is 2.16 bits per heavy atom. The van der Waals surface area contributed by atoms with Gasteiger partial charge in [-0.3, -0.25) is 9.58 Å². The van der Waals surface area contributed by atoms with Crippen LogP contribution in [0.4, 0.5) is 0 Å². The number of hydrogen-bond donors (Lipinski definition) is 0. The molecule has 104 valence electrons. The van der Waals surface area contributed by atoms with E-state index in [0.29, 0.717) is 6.04 Å². The minimum absolute atomic E-state index is 0.261. The van der Waals surface area contributed by atoms with Gasteiger partial charge in [-0.25, -0.2) is 0 Å². The van der Waals surface area contributed by atoms with Crippen LogP contribution >= 0.6 is 0 Å². The van der Waals surface area contributed by atoms with Gasteiger partial charge < -0.3 is 4.84 Å². The molecule has 1 aromatic rings. The highest BCUT2D eigenvalue weighted by molar-refractivity contribution is 5.85. The third kappa shape index (κ3) is 2.52. The fourth-order valence-electron chi connectivity index (χ4n) is 2.94. The SMILES string of the molecule is CCC1=NO[C@H](CN2CC(n3nc(C)cc3C)C2)C1. The minimum atomic E-state index is 0.261. The van der Waals surface area contributed by atoms with Gasteiger partial charge in [0.15, 0.2) is 0 Å². The molecular weight excluding hydrogens is 240 g/mol. The van der Waals surface area contributed by atoms with Crippen LogP contribution in [0.1, 0.15) is 37.2 Å². The number of likely N-dealkylation sites (tertiary alicyclic amines) is 1. The average Bonchev–Trinajstić information content (AvgIpc) is 2.90. The van der Waals surface area contributed by atoms with Crippen LogP contribution in [-0.2, 0) is 4.84 Å². The molecule has 2 aliphatic rings.